The van der Waals surface area contributed by atoms with Crippen LogP contribution in [0, 0.1) is 0 Å². The molecule has 0 saturated carbocycles. The van der Waals surface area contributed by atoms with Gasteiger partial charge in [-0.2, -0.15) is 4.31 Å². The number of thioether (sulfide) groups is 1. The third kappa shape index (κ3) is 4.36. The van der Waals surface area contributed by atoms with Gasteiger partial charge in [0.1, 0.15) is 0 Å². The van der Waals surface area contributed by atoms with Crippen molar-refractivity contribution in [3.63, 3.8) is 0 Å². The van der Waals surface area contributed by atoms with Crippen LogP contribution in [-0.2, 0) is 22.8 Å². The van der Waals surface area contributed by atoms with Gasteiger partial charge in [-0.25, -0.2) is 8.42 Å². The molecule has 0 bridgehead atoms. The maximum atomic E-state index is 12.9. The van der Waals surface area contributed by atoms with Gasteiger partial charge in [0.25, 0.3) is 0 Å². The molecule has 0 aliphatic rings. The van der Waals surface area contributed by atoms with Crippen LogP contribution in [0.15, 0.2) is 67.7 Å². The Kier molecular flexibility index (Phi) is 6.49. The maximum absolute atomic E-state index is 12.9. The molecule has 0 spiro atoms. The summed E-state index contributed by atoms with van der Waals surface area (Å²) in [6.07, 6.45) is 1.58. The first-order chi connectivity index (χ1) is 15.4. The fourth-order valence-electron chi connectivity index (χ4n) is 3.25. The van der Waals surface area contributed by atoms with Crippen molar-refractivity contribution in [1.82, 2.24) is 24.2 Å². The summed E-state index contributed by atoms with van der Waals surface area (Å²) in [5.41, 5.74) is 1.43. The molecule has 4 aromatic rings. The zero-order valence-electron chi connectivity index (χ0n) is 17.9. The number of rotatable bonds is 9. The number of furan rings is 1. The van der Waals surface area contributed by atoms with Crippen molar-refractivity contribution in [2.75, 3.05) is 13.1 Å². The molecule has 168 valence electrons. The Morgan fingerprint density at radius 2 is 1.88 bits per heavy atom. The molecule has 0 amide bonds. The number of nitrogens with zero attached hydrogens (tertiary/aromatic N) is 5. The van der Waals surface area contributed by atoms with E-state index in [0.717, 1.165) is 5.69 Å². The summed E-state index contributed by atoms with van der Waals surface area (Å²) in [5, 5.41) is 13.3. The molecule has 0 atom stereocenters. The number of hydrogen-bond acceptors (Lipinski definition) is 8. The lowest BCUT2D eigenvalue weighted by Crippen LogP contribution is -2.30. The molecule has 0 radical (unpaired) electrons. The Labute approximate surface area is 190 Å². The summed E-state index contributed by atoms with van der Waals surface area (Å²) in [5.74, 6) is 2.30. The summed E-state index contributed by atoms with van der Waals surface area (Å²) in [4.78, 5) is 0.240. The van der Waals surface area contributed by atoms with E-state index < -0.39 is 10.0 Å². The van der Waals surface area contributed by atoms with Gasteiger partial charge in [-0.15, -0.1) is 10.2 Å². The predicted molar refractivity (Wildman–Crippen MR) is 120 cm³/mol. The monoisotopic (exact) mass is 473 g/mol. The van der Waals surface area contributed by atoms with E-state index in [-0.39, 0.29) is 4.90 Å². The standard InChI is InChI=1S/C21H23N5O4S2/c1-4-26(5-2)32(27,28)17-9-6-8-15(12-17)20-22-23-21(25(20)3)31-14-16-13-19(30-24-16)18-10-7-11-29-18/h6-13H,4-5,14H2,1-3H3. The normalized spacial score (nSPS) is 12.0. The summed E-state index contributed by atoms with van der Waals surface area (Å²) >= 11 is 1.46. The quantitative estimate of drug-likeness (QED) is 0.335. The minimum atomic E-state index is -3.56. The van der Waals surface area contributed by atoms with Gasteiger partial charge in [0.2, 0.25) is 15.8 Å². The first-order valence-corrected chi connectivity index (χ1v) is 12.5. The molecule has 32 heavy (non-hydrogen) atoms. The fourth-order valence-corrected chi connectivity index (χ4v) is 5.55. The molecule has 4 rings (SSSR count). The molecule has 0 saturated heterocycles. The summed E-state index contributed by atoms with van der Waals surface area (Å²) in [6.45, 7) is 4.47. The van der Waals surface area contributed by atoms with E-state index in [1.807, 2.05) is 37.6 Å². The third-order valence-corrected chi connectivity index (χ3v) is 8.04. The maximum Gasteiger partial charge on any atom is 0.243 e. The van der Waals surface area contributed by atoms with Crippen molar-refractivity contribution < 1.29 is 17.4 Å². The van der Waals surface area contributed by atoms with Crippen LogP contribution in [0.25, 0.3) is 22.9 Å². The van der Waals surface area contributed by atoms with Crippen molar-refractivity contribution in [3.05, 3.63) is 54.4 Å². The minimum Gasteiger partial charge on any atom is -0.461 e. The highest BCUT2D eigenvalue weighted by atomic mass is 32.2. The van der Waals surface area contributed by atoms with Crippen molar-refractivity contribution in [1.29, 1.82) is 0 Å². The van der Waals surface area contributed by atoms with Crippen LogP contribution in [0.4, 0.5) is 0 Å². The van der Waals surface area contributed by atoms with Gasteiger partial charge < -0.3 is 13.5 Å². The van der Waals surface area contributed by atoms with Gasteiger partial charge in [-0.1, -0.05) is 42.9 Å². The molecular weight excluding hydrogens is 450 g/mol. The van der Waals surface area contributed by atoms with E-state index in [0.29, 0.717) is 46.9 Å². The van der Waals surface area contributed by atoms with E-state index in [2.05, 4.69) is 15.4 Å². The average Bonchev–Trinajstić information content (AvgIpc) is 3.54. The predicted octanol–water partition coefficient (Wildman–Crippen LogP) is 4.05. The molecule has 9 nitrogen and oxygen atoms in total. The first-order valence-electron chi connectivity index (χ1n) is 10.1. The second kappa shape index (κ2) is 9.31. The topological polar surface area (TPSA) is 107 Å². The molecule has 11 heteroatoms. The van der Waals surface area contributed by atoms with Crippen molar-refractivity contribution in [2.24, 2.45) is 7.05 Å². The fraction of sp³-hybridized carbons (Fsp3) is 0.286. The summed E-state index contributed by atoms with van der Waals surface area (Å²) in [7, 11) is -1.71. The number of benzene rings is 1. The molecular formula is C21H23N5O4S2. The zero-order chi connectivity index (χ0) is 22.7. The average molecular weight is 474 g/mol. The van der Waals surface area contributed by atoms with E-state index in [4.69, 9.17) is 8.94 Å². The van der Waals surface area contributed by atoms with Crippen molar-refractivity contribution in [2.45, 2.75) is 29.7 Å². The Morgan fingerprint density at radius 3 is 2.59 bits per heavy atom. The smallest absolute Gasteiger partial charge is 0.243 e. The van der Waals surface area contributed by atoms with Crippen molar-refractivity contribution in [3.8, 4) is 22.9 Å². The van der Waals surface area contributed by atoms with Crippen molar-refractivity contribution >= 4 is 21.8 Å². The lowest BCUT2D eigenvalue weighted by molar-refractivity contribution is 0.413. The first kappa shape index (κ1) is 22.3. The SMILES string of the molecule is CCN(CC)S(=O)(=O)c1cccc(-c2nnc(SCc3cc(-c4ccco4)on3)n2C)c1. The molecule has 3 aromatic heterocycles. The molecule has 0 fully saturated rings. The molecule has 3 heterocycles. The number of sulfonamides is 1. The highest BCUT2D eigenvalue weighted by Gasteiger charge is 2.23. The van der Waals surface area contributed by atoms with Crippen LogP contribution in [0.5, 0.6) is 0 Å². The Balaban J connectivity index is 1.52. The third-order valence-electron chi connectivity index (χ3n) is 4.94. The lowest BCUT2D eigenvalue weighted by Gasteiger charge is -2.18. The lowest BCUT2D eigenvalue weighted by atomic mass is 10.2. The van der Waals surface area contributed by atoms with Crippen LogP contribution in [0.2, 0.25) is 0 Å². The Bertz CT molecular complexity index is 1290. The number of aromatic nitrogens is 4. The van der Waals surface area contributed by atoms with Gasteiger partial charge in [-0.05, 0) is 24.3 Å². The van der Waals surface area contributed by atoms with Crippen LogP contribution in [0.3, 0.4) is 0 Å². The highest BCUT2D eigenvalue weighted by molar-refractivity contribution is 7.98. The van der Waals surface area contributed by atoms with Crippen LogP contribution in [-0.4, -0.2) is 45.7 Å². The second-order valence-electron chi connectivity index (χ2n) is 6.93. The molecule has 0 aliphatic carbocycles. The van der Waals surface area contributed by atoms with Gasteiger partial charge in [0.15, 0.2) is 16.7 Å². The van der Waals surface area contributed by atoms with Gasteiger partial charge in [-0.3, -0.25) is 0 Å². The zero-order valence-corrected chi connectivity index (χ0v) is 19.6. The van der Waals surface area contributed by atoms with E-state index in [1.54, 1.807) is 36.6 Å². The Morgan fingerprint density at radius 1 is 1.06 bits per heavy atom. The molecule has 0 N–H and O–H groups in total. The largest absolute Gasteiger partial charge is 0.461 e. The Hall–Kier alpha value is -2.89. The van der Waals surface area contributed by atoms with E-state index >= 15 is 0 Å². The van der Waals surface area contributed by atoms with Crippen LogP contribution < -0.4 is 0 Å². The van der Waals surface area contributed by atoms with Gasteiger partial charge in [0.05, 0.1) is 16.9 Å². The van der Waals surface area contributed by atoms with Crippen LogP contribution >= 0.6 is 11.8 Å². The summed E-state index contributed by atoms with van der Waals surface area (Å²) < 4.78 is 39.6. The van der Waals surface area contributed by atoms with Gasteiger partial charge >= 0.3 is 0 Å². The van der Waals surface area contributed by atoms with Crippen LogP contribution in [0.1, 0.15) is 19.5 Å². The van der Waals surface area contributed by atoms with E-state index in [9.17, 15) is 8.42 Å². The summed E-state index contributed by atoms with van der Waals surface area (Å²) in [6, 6.07) is 12.2. The minimum absolute atomic E-state index is 0.240. The van der Waals surface area contributed by atoms with E-state index in [1.165, 1.54) is 16.1 Å². The number of hydrogen-bond donors (Lipinski definition) is 0. The molecule has 0 unspecified atom stereocenters. The molecule has 0 aliphatic heterocycles. The van der Waals surface area contributed by atoms with Gasteiger partial charge in [0, 0.05) is 37.5 Å². The second-order valence-corrected chi connectivity index (χ2v) is 9.81. The molecule has 1 aromatic carbocycles. The highest BCUT2D eigenvalue weighted by Crippen LogP contribution is 2.28.